The van der Waals surface area contributed by atoms with E-state index in [1.807, 2.05) is 0 Å². The summed E-state index contributed by atoms with van der Waals surface area (Å²) in [6.45, 7) is 1.19. The van der Waals surface area contributed by atoms with Gasteiger partial charge in [0.15, 0.2) is 0 Å². The summed E-state index contributed by atoms with van der Waals surface area (Å²) in [4.78, 5) is 30.5. The maximum Gasteiger partial charge on any atom is 0.251 e. The van der Waals surface area contributed by atoms with Gasteiger partial charge in [-0.3, -0.25) is 9.59 Å². The summed E-state index contributed by atoms with van der Waals surface area (Å²) in [6.07, 6.45) is 1.76. The van der Waals surface area contributed by atoms with Gasteiger partial charge in [0.05, 0.1) is 12.6 Å². The molecule has 0 saturated carbocycles. The molecule has 1 aromatic carbocycles. The van der Waals surface area contributed by atoms with Crippen molar-refractivity contribution in [3.8, 4) is 5.88 Å². The number of anilines is 1. The minimum atomic E-state index is -0.273. The Balaban J connectivity index is 1.60. The SMILES string of the molecule is COCCOc1cc(C(=O)NC2CC(=O)N(c3ccc(Cl)cc3)C2)ccn1. The van der Waals surface area contributed by atoms with E-state index in [1.165, 1.54) is 6.20 Å². The number of methoxy groups -OCH3 is 1. The molecule has 142 valence electrons. The quantitative estimate of drug-likeness (QED) is 0.735. The second-order valence-electron chi connectivity index (χ2n) is 6.08. The zero-order valence-electron chi connectivity index (χ0n) is 14.9. The first kappa shape index (κ1) is 19.1. The van der Waals surface area contributed by atoms with E-state index in [4.69, 9.17) is 21.1 Å². The summed E-state index contributed by atoms with van der Waals surface area (Å²) in [5, 5.41) is 3.50. The molecular weight excluding hydrogens is 370 g/mol. The van der Waals surface area contributed by atoms with Crippen LogP contribution in [-0.2, 0) is 9.53 Å². The lowest BCUT2D eigenvalue weighted by Crippen LogP contribution is -2.37. The normalized spacial score (nSPS) is 16.4. The Bertz CT molecular complexity index is 813. The number of pyridine rings is 1. The Kier molecular flexibility index (Phi) is 6.26. The van der Waals surface area contributed by atoms with Gasteiger partial charge in [-0.1, -0.05) is 11.6 Å². The minimum Gasteiger partial charge on any atom is -0.475 e. The predicted molar refractivity (Wildman–Crippen MR) is 101 cm³/mol. The first-order chi connectivity index (χ1) is 13.1. The van der Waals surface area contributed by atoms with Gasteiger partial charge in [-0.15, -0.1) is 0 Å². The van der Waals surface area contributed by atoms with E-state index in [0.717, 1.165) is 5.69 Å². The van der Waals surface area contributed by atoms with Crippen molar-refractivity contribution in [2.75, 3.05) is 31.8 Å². The predicted octanol–water partition coefficient (Wildman–Crippen LogP) is 2.30. The van der Waals surface area contributed by atoms with Crippen LogP contribution in [0.15, 0.2) is 42.6 Å². The summed E-state index contributed by atoms with van der Waals surface area (Å²) in [7, 11) is 1.58. The van der Waals surface area contributed by atoms with Crippen LogP contribution >= 0.6 is 11.6 Å². The fourth-order valence-corrected chi connectivity index (χ4v) is 2.93. The van der Waals surface area contributed by atoms with Crippen LogP contribution in [-0.4, -0.2) is 49.7 Å². The molecule has 8 heteroatoms. The van der Waals surface area contributed by atoms with Gasteiger partial charge in [-0.05, 0) is 30.3 Å². The summed E-state index contributed by atoms with van der Waals surface area (Å²) in [6, 6.07) is 9.95. The first-order valence-corrected chi connectivity index (χ1v) is 8.89. The molecule has 1 fully saturated rings. The number of amides is 2. The molecule has 2 aromatic rings. The van der Waals surface area contributed by atoms with Crippen molar-refractivity contribution < 1.29 is 19.1 Å². The Morgan fingerprint density at radius 3 is 2.81 bits per heavy atom. The number of hydrogen-bond donors (Lipinski definition) is 1. The number of aromatic nitrogens is 1. The topological polar surface area (TPSA) is 80.8 Å². The van der Waals surface area contributed by atoms with E-state index in [1.54, 1.807) is 48.4 Å². The lowest BCUT2D eigenvalue weighted by molar-refractivity contribution is -0.117. The van der Waals surface area contributed by atoms with E-state index in [0.29, 0.717) is 36.2 Å². The molecule has 0 spiro atoms. The van der Waals surface area contributed by atoms with Gasteiger partial charge >= 0.3 is 0 Å². The van der Waals surface area contributed by atoms with Crippen LogP contribution in [0, 0.1) is 0 Å². The van der Waals surface area contributed by atoms with Gasteiger partial charge in [-0.25, -0.2) is 4.98 Å². The second kappa shape index (κ2) is 8.83. The van der Waals surface area contributed by atoms with Crippen molar-refractivity contribution in [1.29, 1.82) is 0 Å². The van der Waals surface area contributed by atoms with Crippen molar-refractivity contribution >= 4 is 29.1 Å². The van der Waals surface area contributed by atoms with E-state index >= 15 is 0 Å². The molecule has 0 aliphatic carbocycles. The van der Waals surface area contributed by atoms with E-state index < -0.39 is 0 Å². The number of nitrogens with one attached hydrogen (secondary N) is 1. The monoisotopic (exact) mass is 389 g/mol. The molecule has 7 nitrogen and oxygen atoms in total. The zero-order chi connectivity index (χ0) is 19.2. The van der Waals surface area contributed by atoms with Crippen LogP contribution in [0.1, 0.15) is 16.8 Å². The van der Waals surface area contributed by atoms with Crippen LogP contribution in [0.4, 0.5) is 5.69 Å². The van der Waals surface area contributed by atoms with Crippen molar-refractivity contribution in [2.24, 2.45) is 0 Å². The average molecular weight is 390 g/mol. The molecule has 1 saturated heterocycles. The van der Waals surface area contributed by atoms with Gasteiger partial charge in [0.25, 0.3) is 5.91 Å². The molecule has 27 heavy (non-hydrogen) atoms. The number of carbonyl (C=O) groups excluding carboxylic acids is 2. The average Bonchev–Trinajstić information content (AvgIpc) is 3.03. The molecule has 1 aromatic heterocycles. The number of halogens is 1. The van der Waals surface area contributed by atoms with Gasteiger partial charge in [0.1, 0.15) is 6.61 Å². The highest BCUT2D eigenvalue weighted by Crippen LogP contribution is 2.23. The maximum absolute atomic E-state index is 12.5. The molecule has 1 unspecified atom stereocenters. The number of carbonyl (C=O) groups is 2. The standard InChI is InChI=1S/C19H20ClN3O4/c1-26-8-9-27-17-10-13(6-7-21-17)19(25)22-15-11-18(24)23(12-15)16-4-2-14(20)3-5-16/h2-7,10,15H,8-9,11-12H2,1H3,(H,22,25). The lowest BCUT2D eigenvalue weighted by Gasteiger charge is -2.17. The smallest absolute Gasteiger partial charge is 0.251 e. The van der Waals surface area contributed by atoms with Gasteiger partial charge in [-0.2, -0.15) is 0 Å². The Morgan fingerprint density at radius 2 is 2.07 bits per heavy atom. The third-order valence-corrected chi connectivity index (χ3v) is 4.38. The molecule has 2 heterocycles. The van der Waals surface area contributed by atoms with Crippen molar-refractivity contribution in [1.82, 2.24) is 10.3 Å². The van der Waals surface area contributed by atoms with E-state index in [2.05, 4.69) is 10.3 Å². The van der Waals surface area contributed by atoms with Crippen molar-refractivity contribution in [2.45, 2.75) is 12.5 Å². The maximum atomic E-state index is 12.5. The largest absolute Gasteiger partial charge is 0.475 e. The molecule has 0 radical (unpaired) electrons. The van der Waals surface area contributed by atoms with Gasteiger partial charge in [0, 0.05) is 48.6 Å². The van der Waals surface area contributed by atoms with Crippen LogP contribution in [0.25, 0.3) is 0 Å². The van der Waals surface area contributed by atoms with Crippen LogP contribution in [0.5, 0.6) is 5.88 Å². The highest BCUT2D eigenvalue weighted by molar-refractivity contribution is 6.30. The van der Waals surface area contributed by atoms with Crippen LogP contribution < -0.4 is 15.0 Å². The van der Waals surface area contributed by atoms with Crippen molar-refractivity contribution in [3.63, 3.8) is 0 Å². The summed E-state index contributed by atoms with van der Waals surface area (Å²) in [5.41, 5.74) is 1.19. The highest BCUT2D eigenvalue weighted by atomic mass is 35.5. The van der Waals surface area contributed by atoms with Crippen LogP contribution in [0.2, 0.25) is 5.02 Å². The Morgan fingerprint density at radius 1 is 1.30 bits per heavy atom. The minimum absolute atomic E-state index is 0.0408. The second-order valence-corrected chi connectivity index (χ2v) is 6.52. The van der Waals surface area contributed by atoms with E-state index in [9.17, 15) is 9.59 Å². The Labute approximate surface area is 162 Å². The highest BCUT2D eigenvalue weighted by Gasteiger charge is 2.31. The summed E-state index contributed by atoms with van der Waals surface area (Å²) < 4.78 is 10.3. The number of nitrogens with zero attached hydrogens (tertiary/aromatic N) is 2. The molecule has 1 aliphatic heterocycles. The Hall–Kier alpha value is -2.64. The van der Waals surface area contributed by atoms with E-state index in [-0.39, 0.29) is 24.3 Å². The van der Waals surface area contributed by atoms with Crippen LogP contribution in [0.3, 0.4) is 0 Å². The molecule has 0 bridgehead atoms. The number of benzene rings is 1. The molecule has 1 N–H and O–H groups in total. The zero-order valence-corrected chi connectivity index (χ0v) is 15.6. The van der Waals surface area contributed by atoms with Gasteiger partial charge in [0.2, 0.25) is 11.8 Å². The fourth-order valence-electron chi connectivity index (χ4n) is 2.80. The number of ether oxygens (including phenoxy) is 2. The number of hydrogen-bond acceptors (Lipinski definition) is 5. The number of rotatable bonds is 7. The third-order valence-electron chi connectivity index (χ3n) is 4.13. The molecule has 1 aliphatic rings. The summed E-state index contributed by atoms with van der Waals surface area (Å²) >= 11 is 5.89. The van der Waals surface area contributed by atoms with Crippen molar-refractivity contribution in [3.05, 3.63) is 53.2 Å². The lowest BCUT2D eigenvalue weighted by atomic mass is 10.2. The summed E-state index contributed by atoms with van der Waals surface area (Å²) in [5.74, 6) is 0.0377. The molecule has 3 rings (SSSR count). The molecule has 2 amide bonds. The third kappa shape index (κ3) is 4.96. The molecule has 1 atom stereocenters. The van der Waals surface area contributed by atoms with Gasteiger partial charge < -0.3 is 19.7 Å². The molecular formula is C19H20ClN3O4. The first-order valence-electron chi connectivity index (χ1n) is 8.51. The fraction of sp³-hybridized carbons (Fsp3) is 0.316.